The van der Waals surface area contributed by atoms with Crippen LogP contribution >= 0.6 is 0 Å². The predicted octanol–water partition coefficient (Wildman–Crippen LogP) is 4.14. The zero-order valence-corrected chi connectivity index (χ0v) is 14.6. The quantitative estimate of drug-likeness (QED) is 0.624. The second-order valence-electron chi connectivity index (χ2n) is 8.06. The van der Waals surface area contributed by atoms with Gasteiger partial charge >= 0.3 is 0 Å². The summed E-state index contributed by atoms with van der Waals surface area (Å²) < 4.78 is 6.38. The molecule has 1 fully saturated rings. The van der Waals surface area contributed by atoms with E-state index >= 15 is 0 Å². The van der Waals surface area contributed by atoms with Gasteiger partial charge in [0.2, 0.25) is 0 Å². The molecule has 4 atom stereocenters. The van der Waals surface area contributed by atoms with Crippen molar-refractivity contribution < 1.29 is 9.53 Å². The SMILES string of the molecule is C=C[C@H]1[C@@H](CO[Si](C)(C)C(C)(C)C)C[C@H]2C=CC[C@]21O. The average Bonchev–Trinajstić information content (AvgIpc) is 2.78. The van der Waals surface area contributed by atoms with Crippen molar-refractivity contribution in [1.29, 1.82) is 0 Å². The molecule has 0 amide bonds. The van der Waals surface area contributed by atoms with Crippen LogP contribution in [-0.4, -0.2) is 25.6 Å². The van der Waals surface area contributed by atoms with Crippen LogP contribution < -0.4 is 0 Å². The molecule has 0 aliphatic heterocycles. The first kappa shape index (κ1) is 16.0. The van der Waals surface area contributed by atoms with Gasteiger partial charge in [-0.3, -0.25) is 0 Å². The summed E-state index contributed by atoms with van der Waals surface area (Å²) in [7, 11) is -1.71. The molecule has 114 valence electrons. The fourth-order valence-corrected chi connectivity index (χ4v) is 4.45. The summed E-state index contributed by atoms with van der Waals surface area (Å²) in [5.41, 5.74) is -0.594. The molecule has 2 aliphatic carbocycles. The van der Waals surface area contributed by atoms with Gasteiger partial charge in [0.25, 0.3) is 0 Å². The van der Waals surface area contributed by atoms with Crippen LogP contribution in [0.3, 0.4) is 0 Å². The Hall–Kier alpha value is -0.383. The zero-order chi connectivity index (χ0) is 15.2. The molecule has 0 heterocycles. The Morgan fingerprint density at radius 1 is 1.45 bits per heavy atom. The molecule has 0 bridgehead atoms. The maximum absolute atomic E-state index is 10.9. The summed E-state index contributed by atoms with van der Waals surface area (Å²) in [6.45, 7) is 16.1. The van der Waals surface area contributed by atoms with Crippen LogP contribution in [0.15, 0.2) is 24.8 Å². The van der Waals surface area contributed by atoms with Gasteiger partial charge in [0.1, 0.15) is 0 Å². The van der Waals surface area contributed by atoms with E-state index in [1.54, 1.807) is 0 Å². The van der Waals surface area contributed by atoms with E-state index in [-0.39, 0.29) is 11.0 Å². The molecular formula is C17H30O2Si. The Kier molecular flexibility index (Phi) is 4.09. The smallest absolute Gasteiger partial charge is 0.191 e. The number of hydrogen-bond donors (Lipinski definition) is 1. The summed E-state index contributed by atoms with van der Waals surface area (Å²) >= 11 is 0. The lowest BCUT2D eigenvalue weighted by Gasteiger charge is -2.38. The molecule has 2 aliphatic rings. The Morgan fingerprint density at radius 3 is 2.65 bits per heavy atom. The minimum absolute atomic E-state index is 0.160. The molecule has 1 saturated carbocycles. The van der Waals surface area contributed by atoms with Crippen LogP contribution in [0.4, 0.5) is 0 Å². The van der Waals surface area contributed by atoms with Crippen LogP contribution in [0.25, 0.3) is 0 Å². The number of rotatable bonds is 4. The highest BCUT2D eigenvalue weighted by Crippen LogP contribution is 2.51. The summed E-state index contributed by atoms with van der Waals surface area (Å²) in [5.74, 6) is 0.854. The van der Waals surface area contributed by atoms with Gasteiger partial charge < -0.3 is 9.53 Å². The lowest BCUT2D eigenvalue weighted by atomic mass is 9.83. The van der Waals surface area contributed by atoms with Gasteiger partial charge in [-0.15, -0.1) is 6.58 Å². The van der Waals surface area contributed by atoms with E-state index in [4.69, 9.17) is 4.43 Å². The fourth-order valence-electron chi connectivity index (χ4n) is 3.39. The van der Waals surface area contributed by atoms with Crippen molar-refractivity contribution in [2.24, 2.45) is 17.8 Å². The molecule has 1 N–H and O–H groups in total. The van der Waals surface area contributed by atoms with E-state index in [1.807, 2.05) is 6.08 Å². The molecule has 20 heavy (non-hydrogen) atoms. The van der Waals surface area contributed by atoms with Crippen LogP contribution in [0.5, 0.6) is 0 Å². The van der Waals surface area contributed by atoms with E-state index < -0.39 is 13.9 Å². The van der Waals surface area contributed by atoms with Crippen LogP contribution in [0, 0.1) is 17.8 Å². The normalized spacial score (nSPS) is 37.2. The van der Waals surface area contributed by atoms with Crippen molar-refractivity contribution in [2.45, 2.75) is 57.3 Å². The zero-order valence-electron chi connectivity index (χ0n) is 13.6. The third kappa shape index (κ3) is 2.56. The average molecular weight is 295 g/mol. The molecule has 0 aromatic rings. The van der Waals surface area contributed by atoms with E-state index in [1.165, 1.54) is 0 Å². The van der Waals surface area contributed by atoms with Gasteiger partial charge in [-0.2, -0.15) is 0 Å². The van der Waals surface area contributed by atoms with Crippen molar-refractivity contribution in [3.8, 4) is 0 Å². The minimum Gasteiger partial charge on any atom is -0.417 e. The Bertz CT molecular complexity index is 408. The summed E-state index contributed by atoms with van der Waals surface area (Å²) in [4.78, 5) is 0. The van der Waals surface area contributed by atoms with Crippen molar-refractivity contribution in [3.63, 3.8) is 0 Å². The molecule has 2 rings (SSSR count). The third-order valence-corrected chi connectivity index (χ3v) is 10.3. The van der Waals surface area contributed by atoms with Gasteiger partial charge in [-0.25, -0.2) is 0 Å². The number of hydrogen-bond acceptors (Lipinski definition) is 2. The molecular weight excluding hydrogens is 264 g/mol. The first-order chi connectivity index (χ1) is 9.12. The topological polar surface area (TPSA) is 29.5 Å². The van der Waals surface area contributed by atoms with Crippen molar-refractivity contribution in [3.05, 3.63) is 24.8 Å². The van der Waals surface area contributed by atoms with E-state index in [9.17, 15) is 5.11 Å². The predicted molar refractivity (Wildman–Crippen MR) is 87.1 cm³/mol. The summed E-state index contributed by atoms with van der Waals surface area (Å²) in [6, 6.07) is 0. The molecule has 0 unspecified atom stereocenters. The fraction of sp³-hybridized carbons (Fsp3) is 0.765. The lowest BCUT2D eigenvalue weighted by Crippen LogP contribution is -2.43. The van der Waals surface area contributed by atoms with Gasteiger partial charge in [-0.1, -0.05) is 39.0 Å². The van der Waals surface area contributed by atoms with Crippen LogP contribution in [0.2, 0.25) is 18.1 Å². The standard InChI is InChI=1S/C17H30O2Si/c1-7-15-13(11-14-9-8-10-17(14,15)18)12-19-20(5,6)16(2,3)4/h7-9,13-15,18H,1,10-12H2,2-6H3/t13-,14-,15+,17+/m1/s1. The van der Waals surface area contributed by atoms with Gasteiger partial charge in [0, 0.05) is 18.4 Å². The minimum atomic E-state index is -1.71. The van der Waals surface area contributed by atoms with Gasteiger partial charge in [0.15, 0.2) is 8.32 Å². The highest BCUT2D eigenvalue weighted by molar-refractivity contribution is 6.74. The molecule has 0 aromatic carbocycles. The van der Waals surface area contributed by atoms with Crippen LogP contribution in [0.1, 0.15) is 33.6 Å². The van der Waals surface area contributed by atoms with E-state index in [0.717, 1.165) is 19.4 Å². The second kappa shape index (κ2) is 5.11. The monoisotopic (exact) mass is 294 g/mol. The van der Waals surface area contributed by atoms with Crippen molar-refractivity contribution >= 4 is 8.32 Å². The van der Waals surface area contributed by atoms with Crippen molar-refractivity contribution in [1.82, 2.24) is 0 Å². The van der Waals surface area contributed by atoms with Gasteiger partial charge in [-0.05, 0) is 36.9 Å². The maximum atomic E-state index is 10.9. The third-order valence-electron chi connectivity index (χ3n) is 5.82. The van der Waals surface area contributed by atoms with Crippen LogP contribution in [-0.2, 0) is 4.43 Å². The first-order valence-corrected chi connectivity index (χ1v) is 10.7. The molecule has 0 radical (unpaired) electrons. The largest absolute Gasteiger partial charge is 0.417 e. The number of fused-ring (bicyclic) bond motifs is 1. The molecule has 0 spiro atoms. The highest BCUT2D eigenvalue weighted by Gasteiger charge is 2.53. The van der Waals surface area contributed by atoms with E-state index in [0.29, 0.717) is 11.8 Å². The Labute approximate surface area is 125 Å². The first-order valence-electron chi connectivity index (χ1n) is 7.77. The Balaban J connectivity index is 2.04. The van der Waals surface area contributed by atoms with Crippen molar-refractivity contribution in [2.75, 3.05) is 6.61 Å². The Morgan fingerprint density at radius 2 is 2.10 bits per heavy atom. The second-order valence-corrected chi connectivity index (χ2v) is 12.9. The highest BCUT2D eigenvalue weighted by atomic mass is 28.4. The molecule has 0 saturated heterocycles. The van der Waals surface area contributed by atoms with Gasteiger partial charge in [0.05, 0.1) is 5.60 Å². The summed E-state index contributed by atoms with van der Waals surface area (Å²) in [5, 5.41) is 11.1. The maximum Gasteiger partial charge on any atom is 0.191 e. The molecule has 3 heteroatoms. The number of aliphatic hydroxyl groups is 1. The molecule has 0 aromatic heterocycles. The summed E-state index contributed by atoms with van der Waals surface area (Å²) in [6.07, 6.45) is 8.05. The molecule has 2 nitrogen and oxygen atoms in total. The van der Waals surface area contributed by atoms with E-state index in [2.05, 4.69) is 52.6 Å². The lowest BCUT2D eigenvalue weighted by molar-refractivity contribution is -0.00474.